The molecule has 4 bridgehead atoms. The van der Waals surface area contributed by atoms with Crippen molar-refractivity contribution in [3.63, 3.8) is 0 Å². The molecule has 0 aromatic heterocycles. The molecule has 4 aliphatic carbocycles. The van der Waals surface area contributed by atoms with Crippen LogP contribution in [0.1, 0.15) is 39.0 Å². The van der Waals surface area contributed by atoms with Gasteiger partial charge >= 0.3 is 0 Å². The molecule has 0 aromatic carbocycles. The fraction of sp³-hybridized carbons (Fsp3) is 0.929. The van der Waals surface area contributed by atoms with Crippen LogP contribution in [0.3, 0.4) is 0 Å². The van der Waals surface area contributed by atoms with E-state index in [0.717, 1.165) is 24.7 Å². The van der Waals surface area contributed by atoms with E-state index in [1.165, 1.54) is 19.3 Å². The maximum Gasteiger partial charge on any atom is 0.181 e. The average Bonchev–Trinajstić information content (AvgIpc) is 2.26. The van der Waals surface area contributed by atoms with Crippen molar-refractivity contribution in [2.45, 2.75) is 50.8 Å². The zero-order valence-electron chi connectivity index (χ0n) is 11.5. The highest BCUT2D eigenvalue weighted by Gasteiger charge is 2.58. The lowest BCUT2D eigenvalue weighted by Crippen LogP contribution is -2.66. The highest BCUT2D eigenvalue weighted by Crippen LogP contribution is 2.57. The van der Waals surface area contributed by atoms with Crippen molar-refractivity contribution >= 4 is 18.2 Å². The summed E-state index contributed by atoms with van der Waals surface area (Å²) in [5, 5.41) is 0. The summed E-state index contributed by atoms with van der Waals surface area (Å²) in [5.41, 5.74) is 12.1. The van der Waals surface area contributed by atoms with E-state index in [1.54, 1.807) is 0 Å². The van der Waals surface area contributed by atoms with Crippen molar-refractivity contribution in [3.05, 3.63) is 0 Å². The van der Waals surface area contributed by atoms with Crippen molar-refractivity contribution in [2.75, 3.05) is 6.61 Å². The van der Waals surface area contributed by atoms with Gasteiger partial charge in [-0.1, -0.05) is 0 Å². The Morgan fingerprint density at radius 3 is 2.37 bits per heavy atom. The normalized spacial score (nSPS) is 44.8. The topological polar surface area (TPSA) is 78.3 Å². The van der Waals surface area contributed by atoms with E-state index in [9.17, 15) is 4.79 Å². The van der Waals surface area contributed by atoms with Crippen molar-refractivity contribution in [1.82, 2.24) is 0 Å². The second kappa shape index (κ2) is 5.32. The molecule has 0 radical (unpaired) electrons. The number of hydrogen-bond acceptors (Lipinski definition) is 4. The number of Topliss-reactive ketones (excluding diaryl/α,β-unsaturated/α-hetero) is 1. The van der Waals surface area contributed by atoms with E-state index in [1.807, 2.05) is 6.92 Å². The van der Waals surface area contributed by atoms with Gasteiger partial charge in [0.05, 0.1) is 0 Å². The minimum absolute atomic E-state index is 0. The molecule has 4 fully saturated rings. The summed E-state index contributed by atoms with van der Waals surface area (Å²) in [6.45, 7) is 2.34. The number of rotatable bonds is 4. The molecule has 0 aromatic rings. The van der Waals surface area contributed by atoms with E-state index in [0.29, 0.717) is 12.5 Å². The van der Waals surface area contributed by atoms with Gasteiger partial charge < -0.3 is 10.5 Å². The van der Waals surface area contributed by atoms with Crippen LogP contribution in [0.25, 0.3) is 0 Å². The smallest absolute Gasteiger partial charge is 0.181 e. The molecule has 4 unspecified atom stereocenters. The molecule has 0 spiro atoms. The molecule has 0 saturated heterocycles. The van der Waals surface area contributed by atoms with Gasteiger partial charge in [-0.3, -0.25) is 10.5 Å². The number of ether oxygens (including phenoxy) is 1. The van der Waals surface area contributed by atoms with Crippen molar-refractivity contribution in [2.24, 2.45) is 35.1 Å². The van der Waals surface area contributed by atoms with Crippen molar-refractivity contribution < 1.29 is 9.53 Å². The molecule has 19 heavy (non-hydrogen) atoms. The Balaban J connectivity index is 0.00000133. The van der Waals surface area contributed by atoms with Gasteiger partial charge in [0.25, 0.3) is 0 Å². The Morgan fingerprint density at radius 1 is 1.32 bits per heavy atom. The lowest BCUT2D eigenvalue weighted by Gasteiger charge is -2.59. The second-order valence-electron chi connectivity index (χ2n) is 6.60. The molecule has 4 nitrogen and oxygen atoms in total. The SMILES string of the molecule is CCOC(N)C(=O)C1C2CC3CC(C2)CC1(N)C3.Cl. The summed E-state index contributed by atoms with van der Waals surface area (Å²) in [6, 6.07) is 0. The molecule has 4 saturated carbocycles. The van der Waals surface area contributed by atoms with Gasteiger partial charge in [0.1, 0.15) is 0 Å². The van der Waals surface area contributed by atoms with Crippen LogP contribution < -0.4 is 11.5 Å². The molecule has 4 N–H and O–H groups in total. The predicted molar refractivity (Wildman–Crippen MR) is 75.8 cm³/mol. The summed E-state index contributed by atoms with van der Waals surface area (Å²) in [4.78, 5) is 12.5. The summed E-state index contributed by atoms with van der Waals surface area (Å²) in [7, 11) is 0. The zero-order chi connectivity index (χ0) is 12.9. The predicted octanol–water partition coefficient (Wildman–Crippen LogP) is 1.45. The van der Waals surface area contributed by atoms with Gasteiger partial charge in [0.15, 0.2) is 12.0 Å². The first kappa shape index (κ1) is 15.2. The van der Waals surface area contributed by atoms with E-state index in [-0.39, 0.29) is 29.6 Å². The number of ketones is 1. The molecular formula is C14H25ClN2O2. The van der Waals surface area contributed by atoms with Gasteiger partial charge in [-0.25, -0.2) is 0 Å². The molecule has 0 heterocycles. The van der Waals surface area contributed by atoms with E-state index in [4.69, 9.17) is 16.2 Å². The van der Waals surface area contributed by atoms with Crippen molar-refractivity contribution in [1.29, 1.82) is 0 Å². The van der Waals surface area contributed by atoms with Crippen molar-refractivity contribution in [3.8, 4) is 0 Å². The van der Waals surface area contributed by atoms with Crippen LogP contribution in [0.2, 0.25) is 0 Å². The first-order chi connectivity index (χ1) is 8.53. The van der Waals surface area contributed by atoms with Gasteiger partial charge in [-0.05, 0) is 56.8 Å². The Bertz CT molecular complexity index is 349. The van der Waals surface area contributed by atoms with Crippen LogP contribution in [-0.2, 0) is 9.53 Å². The number of nitrogens with two attached hydrogens (primary N) is 2. The fourth-order valence-corrected chi connectivity index (χ4v) is 5.06. The molecule has 0 aliphatic heterocycles. The maximum absolute atomic E-state index is 12.5. The Hall–Kier alpha value is -0.160. The van der Waals surface area contributed by atoms with Crippen LogP contribution in [-0.4, -0.2) is 24.2 Å². The highest BCUT2D eigenvalue weighted by atomic mass is 35.5. The van der Waals surface area contributed by atoms with Crippen LogP contribution >= 0.6 is 12.4 Å². The third-order valence-corrected chi connectivity index (χ3v) is 5.30. The van der Waals surface area contributed by atoms with E-state index < -0.39 is 6.23 Å². The lowest BCUT2D eigenvalue weighted by molar-refractivity contribution is -0.149. The number of carbonyl (C=O) groups excluding carboxylic acids is 1. The van der Waals surface area contributed by atoms with Gasteiger partial charge in [0.2, 0.25) is 0 Å². The first-order valence-corrected chi connectivity index (χ1v) is 7.23. The number of carbonyl (C=O) groups is 1. The third-order valence-electron chi connectivity index (χ3n) is 5.30. The van der Waals surface area contributed by atoms with Gasteiger partial charge in [0, 0.05) is 18.1 Å². The van der Waals surface area contributed by atoms with Crippen LogP contribution in [0.4, 0.5) is 0 Å². The second-order valence-corrected chi connectivity index (χ2v) is 6.60. The van der Waals surface area contributed by atoms with E-state index in [2.05, 4.69) is 0 Å². The van der Waals surface area contributed by atoms with Gasteiger partial charge in [-0.15, -0.1) is 12.4 Å². The van der Waals surface area contributed by atoms with Gasteiger partial charge in [-0.2, -0.15) is 0 Å². The lowest BCUT2D eigenvalue weighted by atomic mass is 9.48. The summed E-state index contributed by atoms with van der Waals surface area (Å²) in [6.07, 6.45) is 4.91. The summed E-state index contributed by atoms with van der Waals surface area (Å²) >= 11 is 0. The van der Waals surface area contributed by atoms with Crippen LogP contribution in [0.5, 0.6) is 0 Å². The molecule has 4 rings (SSSR count). The molecule has 0 amide bonds. The first-order valence-electron chi connectivity index (χ1n) is 7.23. The largest absolute Gasteiger partial charge is 0.356 e. The van der Waals surface area contributed by atoms with Crippen LogP contribution in [0, 0.1) is 23.7 Å². The minimum atomic E-state index is -0.780. The quantitative estimate of drug-likeness (QED) is 0.768. The fourth-order valence-electron chi connectivity index (χ4n) is 5.06. The molecule has 5 heteroatoms. The molecule has 4 atom stereocenters. The van der Waals surface area contributed by atoms with Crippen LogP contribution in [0.15, 0.2) is 0 Å². The summed E-state index contributed by atoms with van der Waals surface area (Å²) < 4.78 is 5.28. The standard InChI is InChI=1S/C14H24N2O2.ClH/c1-2-18-13(15)12(17)11-10-4-8-3-9(5-10)7-14(11,16)6-8;/h8-11,13H,2-7,15-16H2,1H3;1H. The maximum atomic E-state index is 12.5. The molecule has 4 aliphatic rings. The average molecular weight is 289 g/mol. The Kier molecular flexibility index (Phi) is 4.26. The minimum Gasteiger partial charge on any atom is -0.356 e. The highest BCUT2D eigenvalue weighted by molar-refractivity contribution is 5.86. The molecular weight excluding hydrogens is 264 g/mol. The number of halogens is 1. The molecule has 110 valence electrons. The third kappa shape index (κ3) is 2.44. The monoisotopic (exact) mass is 288 g/mol. The Morgan fingerprint density at radius 2 is 1.89 bits per heavy atom. The number of hydrogen-bond donors (Lipinski definition) is 2. The zero-order valence-corrected chi connectivity index (χ0v) is 12.3. The van der Waals surface area contributed by atoms with E-state index >= 15 is 0 Å². The summed E-state index contributed by atoms with van der Waals surface area (Å²) in [5.74, 6) is 1.94. The Labute approximate surface area is 121 Å².